The van der Waals surface area contributed by atoms with Gasteiger partial charge in [-0.1, -0.05) is 86.6 Å². The van der Waals surface area contributed by atoms with Crippen molar-refractivity contribution in [2.75, 3.05) is 0 Å². The maximum absolute atomic E-state index is 4.71. The van der Waals surface area contributed by atoms with E-state index in [1.165, 1.54) is 76.2 Å². The predicted octanol–water partition coefficient (Wildman–Crippen LogP) is 8.92. The largest absolute Gasteiger partial charge is 0.0996 e. The molecule has 0 saturated heterocycles. The molecule has 0 aromatic carbocycles. The van der Waals surface area contributed by atoms with E-state index in [2.05, 4.69) is 63.0 Å². The van der Waals surface area contributed by atoms with E-state index >= 15 is 0 Å². The molecule has 4 rings (SSSR count). The van der Waals surface area contributed by atoms with E-state index in [4.69, 9.17) is 6.58 Å². The Morgan fingerprint density at radius 1 is 1.16 bits per heavy atom. The van der Waals surface area contributed by atoms with Crippen molar-refractivity contribution < 1.29 is 0 Å². The van der Waals surface area contributed by atoms with Gasteiger partial charge in [0.25, 0.3) is 0 Å². The van der Waals surface area contributed by atoms with Crippen LogP contribution in [0.4, 0.5) is 0 Å². The Balaban J connectivity index is 1.68. The molecule has 8 atom stereocenters. The van der Waals surface area contributed by atoms with Crippen LogP contribution in [0.1, 0.15) is 91.4 Å². The SMILES string of the molecule is C=C(CC(C(/C=C\C)CCC)C1/C2=C/CCC3C#CC2C(CCC3)C1C)C1CC=CCC1. The van der Waals surface area contributed by atoms with Crippen LogP contribution in [0.3, 0.4) is 0 Å². The zero-order valence-electron chi connectivity index (χ0n) is 21.0. The first-order valence-electron chi connectivity index (χ1n) is 13.8. The summed E-state index contributed by atoms with van der Waals surface area (Å²) in [5.74, 6) is 13.0. The molecule has 8 unspecified atom stereocenters. The zero-order chi connectivity index (χ0) is 22.5. The number of hydrogen-bond donors (Lipinski definition) is 0. The topological polar surface area (TPSA) is 0 Å². The lowest BCUT2D eigenvalue weighted by molar-refractivity contribution is 0.197. The molecule has 0 nitrogen and oxygen atoms in total. The highest BCUT2D eigenvalue weighted by Gasteiger charge is 2.48. The van der Waals surface area contributed by atoms with Gasteiger partial charge in [0.2, 0.25) is 0 Å². The second-order valence-electron chi connectivity index (χ2n) is 11.2. The third-order valence-corrected chi connectivity index (χ3v) is 9.26. The molecule has 0 radical (unpaired) electrons. The van der Waals surface area contributed by atoms with E-state index in [0.29, 0.717) is 35.5 Å². The molecule has 174 valence electrons. The van der Waals surface area contributed by atoms with Crippen molar-refractivity contribution in [1.29, 1.82) is 0 Å². The van der Waals surface area contributed by atoms with Gasteiger partial charge < -0.3 is 0 Å². The molecule has 1 saturated carbocycles. The predicted molar refractivity (Wildman–Crippen MR) is 139 cm³/mol. The number of fused-ring (bicyclic) bond motifs is 1. The molecule has 0 aliphatic heterocycles. The first kappa shape index (κ1) is 23.7. The molecule has 0 amide bonds. The minimum absolute atomic E-state index is 0.527. The number of allylic oxidation sites excluding steroid dienone is 7. The highest BCUT2D eigenvalue weighted by Crippen LogP contribution is 2.55. The van der Waals surface area contributed by atoms with Crippen molar-refractivity contribution in [2.45, 2.75) is 91.4 Å². The molecule has 0 heterocycles. The average Bonchev–Trinajstić information content (AvgIpc) is 3.00. The van der Waals surface area contributed by atoms with E-state index in [9.17, 15) is 0 Å². The summed E-state index contributed by atoms with van der Waals surface area (Å²) in [6, 6.07) is 0. The van der Waals surface area contributed by atoms with Crippen LogP contribution in [0, 0.1) is 59.2 Å². The molecule has 32 heavy (non-hydrogen) atoms. The van der Waals surface area contributed by atoms with E-state index in [0.717, 1.165) is 11.8 Å². The molecule has 4 aliphatic carbocycles. The Hall–Kier alpha value is -1.48. The molecule has 4 aliphatic rings. The fourth-order valence-corrected chi connectivity index (χ4v) is 7.61. The summed E-state index contributed by atoms with van der Waals surface area (Å²) in [4.78, 5) is 0. The fraction of sp³-hybridized carbons (Fsp3) is 0.688. The molecule has 0 spiro atoms. The van der Waals surface area contributed by atoms with Crippen LogP contribution in [0.25, 0.3) is 0 Å². The third-order valence-electron chi connectivity index (χ3n) is 9.26. The summed E-state index contributed by atoms with van der Waals surface area (Å²) in [5, 5.41) is 0. The average molecular weight is 431 g/mol. The van der Waals surface area contributed by atoms with E-state index in [1.807, 2.05) is 0 Å². The lowest BCUT2D eigenvalue weighted by atomic mass is 9.68. The summed E-state index contributed by atoms with van der Waals surface area (Å²) in [6.45, 7) is 11.9. The maximum Gasteiger partial charge on any atom is 0.0445 e. The lowest BCUT2D eigenvalue weighted by Gasteiger charge is -2.36. The molecule has 2 bridgehead atoms. The van der Waals surface area contributed by atoms with Gasteiger partial charge in [0.1, 0.15) is 0 Å². The standard InChI is InChI=1S/C32H46/c1-5-12-27(13-6-2)31(22-23(3)26-16-8-7-9-17-26)32-24(4)28-18-10-14-25-15-11-19-30(32)29(28)21-20-25/h5,7-8,12,19,24-29,31-32H,3,6,9-11,13-18,22H2,1-2,4H3/b12-5-,30-19+. The first-order valence-corrected chi connectivity index (χ1v) is 13.8. The normalized spacial score (nSPS) is 37.4. The van der Waals surface area contributed by atoms with Gasteiger partial charge >= 0.3 is 0 Å². The first-order chi connectivity index (χ1) is 15.6. The van der Waals surface area contributed by atoms with Gasteiger partial charge in [-0.15, -0.1) is 0 Å². The monoisotopic (exact) mass is 430 g/mol. The second-order valence-corrected chi connectivity index (χ2v) is 11.2. The van der Waals surface area contributed by atoms with Crippen molar-refractivity contribution >= 4 is 0 Å². The van der Waals surface area contributed by atoms with Crippen molar-refractivity contribution in [1.82, 2.24) is 0 Å². The number of rotatable bonds is 8. The summed E-state index contributed by atoms with van der Waals surface area (Å²) >= 11 is 0. The Morgan fingerprint density at radius 2 is 2.03 bits per heavy atom. The van der Waals surface area contributed by atoms with Crippen LogP contribution in [0.2, 0.25) is 0 Å². The quantitative estimate of drug-likeness (QED) is 0.266. The Kier molecular flexibility index (Phi) is 8.21. The van der Waals surface area contributed by atoms with Gasteiger partial charge in [-0.25, -0.2) is 0 Å². The molecule has 1 fully saturated rings. The molecular formula is C32H46. The molecule has 0 N–H and O–H groups in total. The summed E-state index contributed by atoms with van der Waals surface area (Å²) in [6.07, 6.45) is 26.4. The van der Waals surface area contributed by atoms with Crippen LogP contribution in [0.15, 0.2) is 48.1 Å². The Bertz CT molecular complexity index is 796. The summed E-state index contributed by atoms with van der Waals surface area (Å²) in [5.41, 5.74) is 3.27. The van der Waals surface area contributed by atoms with Crippen molar-refractivity contribution in [2.24, 2.45) is 47.3 Å². The Morgan fingerprint density at radius 3 is 2.78 bits per heavy atom. The van der Waals surface area contributed by atoms with Crippen LogP contribution in [-0.4, -0.2) is 0 Å². The van der Waals surface area contributed by atoms with Gasteiger partial charge in [-0.2, -0.15) is 0 Å². The minimum Gasteiger partial charge on any atom is -0.0996 e. The van der Waals surface area contributed by atoms with Gasteiger partial charge in [0, 0.05) is 11.8 Å². The van der Waals surface area contributed by atoms with E-state index < -0.39 is 0 Å². The van der Waals surface area contributed by atoms with Gasteiger partial charge in [0.15, 0.2) is 0 Å². The highest BCUT2D eigenvalue weighted by molar-refractivity contribution is 5.33. The van der Waals surface area contributed by atoms with Crippen LogP contribution >= 0.6 is 0 Å². The van der Waals surface area contributed by atoms with Crippen molar-refractivity contribution in [3.8, 4) is 11.8 Å². The van der Waals surface area contributed by atoms with Crippen molar-refractivity contribution in [3.63, 3.8) is 0 Å². The summed E-state index contributed by atoms with van der Waals surface area (Å²) < 4.78 is 0. The second kappa shape index (κ2) is 11.1. The van der Waals surface area contributed by atoms with Crippen LogP contribution < -0.4 is 0 Å². The zero-order valence-corrected chi connectivity index (χ0v) is 21.0. The molecular weight excluding hydrogens is 384 g/mol. The maximum atomic E-state index is 4.71. The molecule has 0 aromatic heterocycles. The van der Waals surface area contributed by atoms with Gasteiger partial charge in [0.05, 0.1) is 0 Å². The van der Waals surface area contributed by atoms with Crippen LogP contribution in [0.5, 0.6) is 0 Å². The smallest absolute Gasteiger partial charge is 0.0445 e. The third kappa shape index (κ3) is 5.03. The van der Waals surface area contributed by atoms with Gasteiger partial charge in [-0.05, 0) is 100 Å². The fourth-order valence-electron chi connectivity index (χ4n) is 7.61. The number of hydrogen-bond acceptors (Lipinski definition) is 0. The van der Waals surface area contributed by atoms with Gasteiger partial charge in [-0.3, -0.25) is 0 Å². The summed E-state index contributed by atoms with van der Waals surface area (Å²) in [7, 11) is 0. The minimum atomic E-state index is 0.527. The van der Waals surface area contributed by atoms with Crippen molar-refractivity contribution in [3.05, 3.63) is 48.1 Å². The molecule has 0 heteroatoms. The van der Waals surface area contributed by atoms with Crippen LogP contribution in [-0.2, 0) is 0 Å². The van der Waals surface area contributed by atoms with E-state index in [-0.39, 0.29) is 0 Å². The lowest BCUT2D eigenvalue weighted by Crippen LogP contribution is -2.28. The molecule has 0 aromatic rings. The highest BCUT2D eigenvalue weighted by atomic mass is 14.5. The van der Waals surface area contributed by atoms with E-state index in [1.54, 1.807) is 5.57 Å². The Labute approximate surface area is 198 Å².